The first-order chi connectivity index (χ1) is 14.1. The highest BCUT2D eigenvalue weighted by atomic mass is 35.5. The predicted molar refractivity (Wildman–Crippen MR) is 109 cm³/mol. The Balaban J connectivity index is 1.51. The van der Waals surface area contributed by atoms with Crippen LogP contribution in [0.3, 0.4) is 0 Å². The zero-order valence-corrected chi connectivity index (χ0v) is 15.9. The van der Waals surface area contributed by atoms with Gasteiger partial charge in [-0.05, 0) is 42.5 Å². The van der Waals surface area contributed by atoms with Crippen molar-refractivity contribution in [1.82, 2.24) is 4.98 Å². The highest BCUT2D eigenvalue weighted by Gasteiger charge is 2.28. The molecule has 0 bridgehead atoms. The average molecular weight is 410 g/mol. The molecule has 0 aliphatic carbocycles. The maximum absolute atomic E-state index is 12.7. The van der Waals surface area contributed by atoms with Crippen molar-refractivity contribution < 1.29 is 19.1 Å². The summed E-state index contributed by atoms with van der Waals surface area (Å²) in [6.45, 7) is -0.341. The van der Waals surface area contributed by atoms with Gasteiger partial charge in [-0.2, -0.15) is 0 Å². The van der Waals surface area contributed by atoms with Crippen LogP contribution >= 0.6 is 11.6 Å². The van der Waals surface area contributed by atoms with Gasteiger partial charge in [0.15, 0.2) is 6.61 Å². The number of nitrogens with zero attached hydrogens (tertiary/aromatic N) is 2. The summed E-state index contributed by atoms with van der Waals surface area (Å²) in [6, 6.07) is 17.4. The Morgan fingerprint density at radius 2 is 2.00 bits per heavy atom. The fourth-order valence-corrected chi connectivity index (χ4v) is 3.02. The molecule has 0 fully saturated rings. The zero-order chi connectivity index (χ0) is 20.2. The predicted octanol–water partition coefficient (Wildman–Crippen LogP) is 3.89. The zero-order valence-electron chi connectivity index (χ0n) is 15.2. The number of carbonyl (C=O) groups excluding carboxylic acids is 2. The first-order valence-electron chi connectivity index (χ1n) is 8.80. The van der Waals surface area contributed by atoms with Gasteiger partial charge in [-0.1, -0.05) is 29.8 Å². The molecule has 1 aliphatic heterocycles. The molecule has 2 amide bonds. The van der Waals surface area contributed by atoms with Gasteiger partial charge in [0.2, 0.25) is 11.8 Å². The van der Waals surface area contributed by atoms with E-state index in [0.29, 0.717) is 27.9 Å². The van der Waals surface area contributed by atoms with Gasteiger partial charge in [-0.3, -0.25) is 14.5 Å². The topological polar surface area (TPSA) is 80.8 Å². The number of anilines is 2. The number of rotatable bonds is 5. The molecular formula is C21H16ClN3O4. The second kappa shape index (κ2) is 8.20. The van der Waals surface area contributed by atoms with E-state index in [1.54, 1.807) is 48.7 Å². The van der Waals surface area contributed by atoms with Crippen molar-refractivity contribution in [3.8, 4) is 17.4 Å². The van der Waals surface area contributed by atoms with Crippen LogP contribution < -0.4 is 19.7 Å². The third-order valence-corrected chi connectivity index (χ3v) is 4.40. The van der Waals surface area contributed by atoms with E-state index in [9.17, 15) is 9.59 Å². The third-order valence-electron chi connectivity index (χ3n) is 4.17. The number of carbonyl (C=O) groups is 2. The Kier molecular flexibility index (Phi) is 5.31. The van der Waals surface area contributed by atoms with E-state index in [1.807, 2.05) is 18.2 Å². The molecule has 0 saturated carbocycles. The smallest absolute Gasteiger partial charge is 0.265 e. The number of para-hydroxylation sites is 1. The van der Waals surface area contributed by atoms with Crippen LogP contribution in [0.5, 0.6) is 17.4 Å². The fraction of sp³-hybridized carbons (Fsp3) is 0.0952. The number of benzene rings is 2. The summed E-state index contributed by atoms with van der Waals surface area (Å²) in [4.78, 5) is 30.5. The first kappa shape index (κ1) is 18.8. The Labute approximate surface area is 171 Å². The van der Waals surface area contributed by atoms with Gasteiger partial charge >= 0.3 is 0 Å². The van der Waals surface area contributed by atoms with Crippen molar-refractivity contribution in [3.05, 3.63) is 71.9 Å². The molecule has 0 saturated heterocycles. The Hall–Kier alpha value is -3.58. The molecule has 0 spiro atoms. The highest BCUT2D eigenvalue weighted by molar-refractivity contribution is 6.31. The molecule has 146 valence electrons. The average Bonchev–Trinajstić information content (AvgIpc) is 2.72. The molecule has 3 aromatic rings. The number of fused-ring (bicyclic) bond motifs is 1. The van der Waals surface area contributed by atoms with Gasteiger partial charge in [-0.15, -0.1) is 0 Å². The number of aromatic nitrogens is 1. The molecule has 0 unspecified atom stereocenters. The molecule has 1 aromatic heterocycles. The molecule has 1 aliphatic rings. The van der Waals surface area contributed by atoms with Crippen LogP contribution in [0.25, 0.3) is 0 Å². The van der Waals surface area contributed by atoms with Crippen molar-refractivity contribution >= 4 is 34.8 Å². The minimum Gasteiger partial charge on any atom is -0.482 e. The van der Waals surface area contributed by atoms with E-state index in [0.717, 1.165) is 0 Å². The number of hydrogen-bond donors (Lipinski definition) is 1. The molecule has 0 atom stereocenters. The summed E-state index contributed by atoms with van der Waals surface area (Å²) in [5.41, 5.74) is 0.851. The van der Waals surface area contributed by atoms with Crippen LogP contribution in [0.4, 0.5) is 11.4 Å². The lowest BCUT2D eigenvalue weighted by Gasteiger charge is -2.29. The lowest BCUT2D eigenvalue weighted by Crippen LogP contribution is -2.43. The second-order valence-electron chi connectivity index (χ2n) is 6.20. The summed E-state index contributed by atoms with van der Waals surface area (Å²) in [7, 11) is 0. The molecule has 8 heteroatoms. The second-order valence-corrected chi connectivity index (χ2v) is 6.64. The van der Waals surface area contributed by atoms with Gasteiger partial charge < -0.3 is 14.8 Å². The van der Waals surface area contributed by atoms with Crippen LogP contribution in [0, 0.1) is 0 Å². The lowest BCUT2D eigenvalue weighted by molar-refractivity contribution is -0.123. The van der Waals surface area contributed by atoms with E-state index >= 15 is 0 Å². The molecule has 29 heavy (non-hydrogen) atoms. The van der Waals surface area contributed by atoms with Gasteiger partial charge in [0.05, 0.1) is 5.69 Å². The SMILES string of the molecule is O=C(CN1C(=O)COc2ccc(Cl)cc21)Nc1cccnc1Oc1ccccc1. The summed E-state index contributed by atoms with van der Waals surface area (Å²) >= 11 is 6.03. The quantitative estimate of drug-likeness (QED) is 0.691. The molecular weight excluding hydrogens is 394 g/mol. The van der Waals surface area contributed by atoms with Crippen molar-refractivity contribution in [2.24, 2.45) is 0 Å². The molecule has 0 radical (unpaired) electrons. The fourth-order valence-electron chi connectivity index (χ4n) is 2.85. The number of halogens is 1. The lowest BCUT2D eigenvalue weighted by atomic mass is 10.2. The summed E-state index contributed by atoms with van der Waals surface area (Å²) < 4.78 is 11.1. The van der Waals surface area contributed by atoms with Crippen molar-refractivity contribution in [1.29, 1.82) is 0 Å². The standard InChI is InChI=1S/C21H16ClN3O4/c22-14-8-9-18-17(11-14)25(20(27)13-28-18)12-19(26)24-16-7-4-10-23-21(16)29-15-5-2-1-3-6-15/h1-11H,12-13H2,(H,24,26). The van der Waals surface area contributed by atoms with Crippen molar-refractivity contribution in [2.75, 3.05) is 23.4 Å². The minimum atomic E-state index is -0.405. The normalized spacial score (nSPS) is 12.7. The van der Waals surface area contributed by atoms with Gasteiger partial charge in [0, 0.05) is 11.2 Å². The maximum atomic E-state index is 12.7. The van der Waals surface area contributed by atoms with Crippen LogP contribution in [-0.2, 0) is 9.59 Å². The summed E-state index contributed by atoms with van der Waals surface area (Å²) in [5.74, 6) is 0.604. The van der Waals surface area contributed by atoms with E-state index in [2.05, 4.69) is 10.3 Å². The van der Waals surface area contributed by atoms with Crippen LogP contribution in [-0.4, -0.2) is 29.9 Å². The Bertz CT molecular complexity index is 1060. The monoisotopic (exact) mass is 409 g/mol. The number of hydrogen-bond acceptors (Lipinski definition) is 5. The Morgan fingerprint density at radius 1 is 1.17 bits per heavy atom. The molecule has 1 N–H and O–H groups in total. The van der Waals surface area contributed by atoms with Gasteiger partial charge in [0.25, 0.3) is 5.91 Å². The maximum Gasteiger partial charge on any atom is 0.265 e. The van der Waals surface area contributed by atoms with E-state index in [-0.39, 0.29) is 24.9 Å². The third kappa shape index (κ3) is 4.30. The number of pyridine rings is 1. The number of nitrogens with one attached hydrogen (secondary N) is 1. The first-order valence-corrected chi connectivity index (χ1v) is 9.18. The molecule has 2 aromatic carbocycles. The van der Waals surface area contributed by atoms with E-state index in [4.69, 9.17) is 21.1 Å². The number of ether oxygens (including phenoxy) is 2. The van der Waals surface area contributed by atoms with E-state index in [1.165, 1.54) is 4.90 Å². The van der Waals surface area contributed by atoms with Crippen LogP contribution in [0.15, 0.2) is 66.9 Å². The molecule has 2 heterocycles. The Morgan fingerprint density at radius 3 is 2.83 bits per heavy atom. The van der Waals surface area contributed by atoms with Crippen LogP contribution in [0.1, 0.15) is 0 Å². The summed E-state index contributed by atoms with van der Waals surface area (Å²) in [6.07, 6.45) is 1.57. The number of amides is 2. The largest absolute Gasteiger partial charge is 0.482 e. The molecule has 7 nitrogen and oxygen atoms in total. The van der Waals surface area contributed by atoms with Crippen LogP contribution in [0.2, 0.25) is 5.02 Å². The van der Waals surface area contributed by atoms with Crippen molar-refractivity contribution in [3.63, 3.8) is 0 Å². The summed E-state index contributed by atoms with van der Waals surface area (Å²) in [5, 5.41) is 3.19. The minimum absolute atomic E-state index is 0.142. The molecule has 4 rings (SSSR count). The van der Waals surface area contributed by atoms with Gasteiger partial charge in [0.1, 0.15) is 23.7 Å². The van der Waals surface area contributed by atoms with Crippen molar-refractivity contribution in [2.45, 2.75) is 0 Å². The highest BCUT2D eigenvalue weighted by Crippen LogP contribution is 2.34. The van der Waals surface area contributed by atoms with E-state index < -0.39 is 5.91 Å². The van der Waals surface area contributed by atoms with Gasteiger partial charge in [-0.25, -0.2) is 4.98 Å².